The van der Waals surface area contributed by atoms with Crippen molar-refractivity contribution in [2.75, 3.05) is 11.5 Å². The zero-order valence-electron chi connectivity index (χ0n) is 22.8. The first kappa shape index (κ1) is 28.7. The number of rotatable bonds is 6. The largest absolute Gasteiger partial charge is 0.573 e. The van der Waals surface area contributed by atoms with E-state index in [1.165, 1.54) is 12.1 Å². The lowest BCUT2D eigenvalue weighted by Crippen LogP contribution is -2.29. The number of nitrogens with zero attached hydrogens (tertiary/aromatic N) is 1. The van der Waals surface area contributed by atoms with Crippen LogP contribution in [0, 0.1) is 6.92 Å². The Bertz CT molecular complexity index is 1490. The highest BCUT2D eigenvalue weighted by atomic mass is 19.4. The van der Waals surface area contributed by atoms with E-state index in [9.17, 15) is 27.9 Å². The van der Waals surface area contributed by atoms with Crippen molar-refractivity contribution in [1.29, 1.82) is 0 Å². The molecule has 1 heterocycles. The van der Waals surface area contributed by atoms with Crippen LogP contribution in [0.3, 0.4) is 0 Å². The lowest BCUT2D eigenvalue weighted by atomic mass is 9.84. The molecule has 1 N–H and O–H groups in total. The summed E-state index contributed by atoms with van der Waals surface area (Å²) in [4.78, 5) is 28.0. The van der Waals surface area contributed by atoms with Crippen LogP contribution in [-0.2, 0) is 15.0 Å². The fourth-order valence-corrected chi connectivity index (χ4v) is 4.79. The molecular formula is C31H30F3NO5. The number of ketones is 1. The van der Waals surface area contributed by atoms with Crippen LogP contribution in [0.1, 0.15) is 56.0 Å². The number of alkyl halides is 3. The number of benzene rings is 3. The van der Waals surface area contributed by atoms with Gasteiger partial charge in [-0.15, -0.1) is 13.2 Å². The Morgan fingerprint density at radius 3 is 2.30 bits per heavy atom. The Labute approximate surface area is 230 Å². The highest BCUT2D eigenvalue weighted by Gasteiger charge is 2.47. The lowest BCUT2D eigenvalue weighted by molar-refractivity contribution is -0.274. The van der Waals surface area contributed by atoms with Crippen molar-refractivity contribution in [3.05, 3.63) is 94.6 Å². The van der Waals surface area contributed by atoms with Gasteiger partial charge in [0.05, 0.1) is 18.2 Å². The molecule has 4 rings (SSSR count). The van der Waals surface area contributed by atoms with Gasteiger partial charge < -0.3 is 14.6 Å². The van der Waals surface area contributed by atoms with Crippen LogP contribution in [0.4, 0.5) is 18.9 Å². The highest BCUT2D eigenvalue weighted by molar-refractivity contribution is 6.51. The maximum absolute atomic E-state index is 13.5. The second kappa shape index (κ2) is 10.7. The number of halogens is 3. The van der Waals surface area contributed by atoms with E-state index in [0.29, 0.717) is 23.5 Å². The molecule has 3 aromatic carbocycles. The van der Waals surface area contributed by atoms with Crippen LogP contribution < -0.4 is 14.4 Å². The molecule has 1 unspecified atom stereocenters. The number of ether oxygens (including phenoxy) is 2. The number of carbonyl (C=O) groups is 2. The van der Waals surface area contributed by atoms with Crippen LogP contribution in [0.25, 0.3) is 5.76 Å². The van der Waals surface area contributed by atoms with E-state index in [2.05, 4.69) is 4.74 Å². The minimum atomic E-state index is -4.94. The molecule has 9 heteroatoms. The molecule has 3 aromatic rings. The fraction of sp³-hybridized carbons (Fsp3) is 0.290. The van der Waals surface area contributed by atoms with Gasteiger partial charge in [-0.05, 0) is 55.2 Å². The highest BCUT2D eigenvalue weighted by Crippen LogP contribution is 2.44. The number of hydrogen-bond acceptors (Lipinski definition) is 5. The molecule has 40 heavy (non-hydrogen) atoms. The molecule has 210 valence electrons. The minimum Gasteiger partial charge on any atom is -0.507 e. The molecule has 0 spiro atoms. The Hall–Kier alpha value is -4.27. The second-order valence-corrected chi connectivity index (χ2v) is 10.5. The summed E-state index contributed by atoms with van der Waals surface area (Å²) < 4.78 is 48.6. The first-order chi connectivity index (χ1) is 18.7. The Morgan fingerprint density at radius 1 is 0.975 bits per heavy atom. The third-order valence-electron chi connectivity index (χ3n) is 6.49. The van der Waals surface area contributed by atoms with Gasteiger partial charge in [-0.2, -0.15) is 0 Å². The van der Waals surface area contributed by atoms with E-state index < -0.39 is 35.6 Å². The van der Waals surface area contributed by atoms with Gasteiger partial charge in [0, 0.05) is 22.9 Å². The van der Waals surface area contributed by atoms with Gasteiger partial charge in [0.25, 0.3) is 11.7 Å². The third kappa shape index (κ3) is 5.83. The number of hydrogen-bond donors (Lipinski definition) is 1. The summed E-state index contributed by atoms with van der Waals surface area (Å²) >= 11 is 0. The molecular weight excluding hydrogens is 523 g/mol. The van der Waals surface area contributed by atoms with Crippen molar-refractivity contribution in [3.8, 4) is 11.5 Å². The van der Waals surface area contributed by atoms with Crippen molar-refractivity contribution >= 4 is 23.1 Å². The van der Waals surface area contributed by atoms with Crippen molar-refractivity contribution < 1.29 is 37.3 Å². The SMILES string of the molecule is CCOc1ccc(/C(O)=C2/C(=O)C(=O)N(c3cccc(OC(F)(F)F)c3)C2c2cccc(C)c2)cc1C(C)(C)C. The van der Waals surface area contributed by atoms with Crippen LogP contribution in [0.2, 0.25) is 0 Å². The molecule has 1 aliphatic rings. The van der Waals surface area contributed by atoms with Gasteiger partial charge in [0.2, 0.25) is 0 Å². The van der Waals surface area contributed by atoms with E-state index in [-0.39, 0.29) is 16.7 Å². The lowest BCUT2D eigenvalue weighted by Gasteiger charge is -2.26. The van der Waals surface area contributed by atoms with Gasteiger partial charge >= 0.3 is 6.36 Å². The van der Waals surface area contributed by atoms with E-state index in [1.807, 2.05) is 40.7 Å². The van der Waals surface area contributed by atoms with Crippen LogP contribution >= 0.6 is 0 Å². The standard InChI is InChI=1S/C31H30F3NO5/c1-6-39-24-14-13-20(16-23(24)30(3,4)5)27(36)25-26(19-10-7-9-18(2)15-19)35(29(38)28(25)37)21-11-8-12-22(17-21)40-31(32,33)34/h7-17,26,36H,6H2,1-5H3/b27-25-. The smallest absolute Gasteiger partial charge is 0.507 e. The molecule has 1 saturated heterocycles. The predicted octanol–water partition coefficient (Wildman–Crippen LogP) is 7.22. The molecule has 1 amide bonds. The maximum atomic E-state index is 13.5. The summed E-state index contributed by atoms with van der Waals surface area (Å²) in [6.45, 7) is 10.1. The number of Topliss-reactive ketones (excluding diaryl/α,β-unsaturated/α-hetero) is 1. The van der Waals surface area contributed by atoms with E-state index in [1.54, 1.807) is 36.4 Å². The number of carbonyl (C=O) groups excluding carboxylic acids is 2. The Morgan fingerprint density at radius 2 is 1.68 bits per heavy atom. The van der Waals surface area contributed by atoms with Crippen LogP contribution in [0.15, 0.2) is 72.3 Å². The minimum absolute atomic E-state index is 0.0106. The molecule has 0 aromatic heterocycles. The Kier molecular flexibility index (Phi) is 7.70. The first-order valence-electron chi connectivity index (χ1n) is 12.7. The zero-order valence-corrected chi connectivity index (χ0v) is 22.8. The van der Waals surface area contributed by atoms with Crippen LogP contribution in [0.5, 0.6) is 11.5 Å². The summed E-state index contributed by atoms with van der Waals surface area (Å²) in [7, 11) is 0. The molecule has 0 aliphatic carbocycles. The molecule has 6 nitrogen and oxygen atoms in total. The quantitative estimate of drug-likeness (QED) is 0.198. The summed E-state index contributed by atoms with van der Waals surface area (Å²) in [6.07, 6.45) is -4.94. The number of aliphatic hydroxyl groups is 1. The van der Waals surface area contributed by atoms with Crippen molar-refractivity contribution in [1.82, 2.24) is 0 Å². The third-order valence-corrected chi connectivity index (χ3v) is 6.49. The van der Waals surface area contributed by atoms with Crippen LogP contribution in [-0.4, -0.2) is 29.8 Å². The second-order valence-electron chi connectivity index (χ2n) is 10.5. The predicted molar refractivity (Wildman–Crippen MR) is 145 cm³/mol. The molecule has 0 saturated carbocycles. The molecule has 0 radical (unpaired) electrons. The van der Waals surface area contributed by atoms with Crippen molar-refractivity contribution in [2.45, 2.75) is 52.4 Å². The number of amides is 1. The van der Waals surface area contributed by atoms with Gasteiger partial charge in [0.15, 0.2) is 0 Å². The Balaban J connectivity index is 1.93. The van der Waals surface area contributed by atoms with Crippen molar-refractivity contribution in [3.63, 3.8) is 0 Å². The fourth-order valence-electron chi connectivity index (χ4n) is 4.79. The van der Waals surface area contributed by atoms with Gasteiger partial charge in [0.1, 0.15) is 17.3 Å². The molecule has 1 atom stereocenters. The normalized spacial score (nSPS) is 17.3. The summed E-state index contributed by atoms with van der Waals surface area (Å²) in [5.74, 6) is -2.26. The van der Waals surface area contributed by atoms with E-state index in [0.717, 1.165) is 28.2 Å². The maximum Gasteiger partial charge on any atom is 0.573 e. The van der Waals surface area contributed by atoms with Gasteiger partial charge in [-0.1, -0.05) is 56.7 Å². The number of anilines is 1. The molecule has 1 aliphatic heterocycles. The van der Waals surface area contributed by atoms with Gasteiger partial charge in [-0.3, -0.25) is 14.5 Å². The van der Waals surface area contributed by atoms with E-state index >= 15 is 0 Å². The average Bonchev–Trinajstić information content (AvgIpc) is 3.13. The number of aryl methyl sites for hydroxylation is 1. The monoisotopic (exact) mass is 553 g/mol. The van der Waals surface area contributed by atoms with Crippen molar-refractivity contribution in [2.24, 2.45) is 0 Å². The zero-order chi connectivity index (χ0) is 29.4. The average molecular weight is 554 g/mol. The summed E-state index contributed by atoms with van der Waals surface area (Å²) in [5.41, 5.74) is 1.88. The van der Waals surface area contributed by atoms with E-state index in [4.69, 9.17) is 4.74 Å². The first-order valence-corrected chi connectivity index (χ1v) is 12.7. The topological polar surface area (TPSA) is 76.1 Å². The molecule has 0 bridgehead atoms. The number of aliphatic hydroxyl groups excluding tert-OH is 1. The van der Waals surface area contributed by atoms with Gasteiger partial charge in [-0.25, -0.2) is 0 Å². The summed E-state index contributed by atoms with van der Waals surface area (Å²) in [6, 6.07) is 15.8. The summed E-state index contributed by atoms with van der Waals surface area (Å²) in [5, 5.41) is 11.6. The molecule has 1 fully saturated rings.